The van der Waals surface area contributed by atoms with Crippen LogP contribution < -0.4 is 5.32 Å². The molecule has 4 aliphatic carbocycles. The van der Waals surface area contributed by atoms with Crippen LogP contribution in [-0.4, -0.2) is 37.5 Å². The molecule has 0 radical (unpaired) electrons. The van der Waals surface area contributed by atoms with Gasteiger partial charge in [0, 0.05) is 24.0 Å². The smallest absolute Gasteiger partial charge is 0.230 e. The number of aromatic nitrogens is 4. The Morgan fingerprint density at radius 3 is 2.37 bits per heavy atom. The number of hydrogen-bond acceptors (Lipinski definition) is 5. The van der Waals surface area contributed by atoms with Gasteiger partial charge in [-0.3, -0.25) is 14.3 Å². The molecular weight excluding hydrogens is 454 g/mol. The summed E-state index contributed by atoms with van der Waals surface area (Å²) in [4.78, 5) is 17.3. The van der Waals surface area contributed by atoms with Crippen molar-refractivity contribution in [2.45, 2.75) is 63.6 Å². The van der Waals surface area contributed by atoms with E-state index in [1.54, 1.807) is 12.4 Å². The van der Waals surface area contributed by atoms with Crippen LogP contribution in [-0.2, 0) is 4.79 Å². The maximum atomic E-state index is 13.1. The first-order valence-electron chi connectivity index (χ1n) is 12.8. The number of pyridine rings is 1. The molecule has 182 valence electrons. The number of hydrogen-bond donors (Lipinski definition) is 1. The van der Waals surface area contributed by atoms with Gasteiger partial charge in [0.2, 0.25) is 5.91 Å². The Kier molecular flexibility index (Phi) is 5.91. The highest BCUT2D eigenvalue weighted by Gasteiger charge is 2.53. The maximum absolute atomic E-state index is 13.1. The van der Waals surface area contributed by atoms with E-state index in [2.05, 4.69) is 51.0 Å². The lowest BCUT2D eigenvalue weighted by Crippen LogP contribution is -2.56. The van der Waals surface area contributed by atoms with Crippen molar-refractivity contribution in [2.75, 3.05) is 5.75 Å². The van der Waals surface area contributed by atoms with Crippen LogP contribution >= 0.6 is 11.8 Å². The molecule has 1 amide bonds. The normalized spacial score (nSPS) is 27.7. The van der Waals surface area contributed by atoms with Crippen molar-refractivity contribution in [3.05, 3.63) is 54.4 Å². The second-order valence-electron chi connectivity index (χ2n) is 11.0. The molecule has 7 heteroatoms. The molecule has 4 bridgehead atoms. The molecule has 2 aromatic heterocycles. The summed E-state index contributed by atoms with van der Waals surface area (Å²) in [6, 6.07) is 12.3. The van der Waals surface area contributed by atoms with E-state index in [-0.39, 0.29) is 11.9 Å². The molecule has 3 aromatic rings. The van der Waals surface area contributed by atoms with Crippen LogP contribution in [0.3, 0.4) is 0 Å². The van der Waals surface area contributed by atoms with Crippen LogP contribution in [0.25, 0.3) is 17.1 Å². The molecule has 1 N–H and O–H groups in total. The van der Waals surface area contributed by atoms with E-state index >= 15 is 0 Å². The molecule has 4 fully saturated rings. The molecule has 35 heavy (non-hydrogen) atoms. The van der Waals surface area contributed by atoms with Crippen molar-refractivity contribution in [1.82, 2.24) is 25.1 Å². The summed E-state index contributed by atoms with van der Waals surface area (Å²) in [6.45, 7) is 4.33. The maximum Gasteiger partial charge on any atom is 0.230 e. The Hall–Kier alpha value is -2.67. The minimum Gasteiger partial charge on any atom is -0.352 e. The molecule has 0 unspecified atom stereocenters. The molecule has 6 nitrogen and oxygen atoms in total. The average molecular weight is 488 g/mol. The first-order valence-corrected chi connectivity index (χ1v) is 13.8. The SMILES string of the molecule is Cc1ccccc1-n1c(SCC(=O)N[C@@H](C)C23CC4CC(CC(C4)C2)C3)nnc1-c1ccncc1. The van der Waals surface area contributed by atoms with Crippen molar-refractivity contribution >= 4 is 17.7 Å². The summed E-state index contributed by atoms with van der Waals surface area (Å²) >= 11 is 1.45. The summed E-state index contributed by atoms with van der Waals surface area (Å²) in [5.41, 5.74) is 3.41. The minimum atomic E-state index is 0.0861. The zero-order valence-corrected chi connectivity index (χ0v) is 21.3. The van der Waals surface area contributed by atoms with E-state index in [1.807, 2.05) is 24.3 Å². The lowest BCUT2D eigenvalue weighted by atomic mass is 9.48. The second-order valence-corrected chi connectivity index (χ2v) is 12.0. The number of nitrogens with zero attached hydrogens (tertiary/aromatic N) is 4. The predicted octanol–water partition coefficient (Wildman–Crippen LogP) is 5.45. The summed E-state index contributed by atoms with van der Waals surface area (Å²) in [7, 11) is 0. The van der Waals surface area contributed by atoms with Gasteiger partial charge in [-0.25, -0.2) is 0 Å². The van der Waals surface area contributed by atoms with Gasteiger partial charge in [0.1, 0.15) is 0 Å². The first-order chi connectivity index (χ1) is 17.0. The predicted molar refractivity (Wildman–Crippen MR) is 138 cm³/mol. The molecule has 0 aliphatic heterocycles. The number of carbonyl (C=O) groups excluding carboxylic acids is 1. The molecule has 0 saturated heterocycles. The van der Waals surface area contributed by atoms with Crippen LogP contribution in [0.4, 0.5) is 0 Å². The third-order valence-electron chi connectivity index (χ3n) is 8.64. The molecule has 7 rings (SSSR count). The van der Waals surface area contributed by atoms with Gasteiger partial charge >= 0.3 is 0 Å². The van der Waals surface area contributed by atoms with Crippen LogP contribution in [0, 0.1) is 30.1 Å². The van der Waals surface area contributed by atoms with Gasteiger partial charge in [-0.05, 0) is 99.3 Å². The number of amides is 1. The molecule has 4 saturated carbocycles. The van der Waals surface area contributed by atoms with Gasteiger partial charge in [-0.15, -0.1) is 10.2 Å². The highest BCUT2D eigenvalue weighted by atomic mass is 32.2. The van der Waals surface area contributed by atoms with E-state index in [9.17, 15) is 4.79 Å². The molecule has 4 aliphatic rings. The number of carbonyl (C=O) groups is 1. The van der Waals surface area contributed by atoms with Crippen molar-refractivity contribution in [3.8, 4) is 17.1 Å². The van der Waals surface area contributed by atoms with Crippen LogP contribution in [0.15, 0.2) is 53.9 Å². The van der Waals surface area contributed by atoms with Crippen molar-refractivity contribution < 1.29 is 4.79 Å². The minimum absolute atomic E-state index is 0.0861. The number of nitrogens with one attached hydrogen (secondary N) is 1. The zero-order chi connectivity index (χ0) is 24.0. The summed E-state index contributed by atoms with van der Waals surface area (Å²) in [5, 5.41) is 13.1. The van der Waals surface area contributed by atoms with Crippen molar-refractivity contribution in [2.24, 2.45) is 23.2 Å². The standard InChI is InChI=1S/C28H33N5OS/c1-18-5-3-4-6-24(18)33-26(23-7-9-29-10-8-23)31-32-27(33)35-17-25(34)30-19(2)28-14-20-11-21(15-28)13-22(12-20)16-28/h3-10,19-22H,11-17H2,1-2H3,(H,30,34)/t19-,20?,21?,22?,28?/m0/s1. The number of rotatable bonds is 7. The van der Waals surface area contributed by atoms with E-state index in [4.69, 9.17) is 0 Å². The Labute approximate surface area is 211 Å². The molecule has 1 atom stereocenters. The summed E-state index contributed by atoms with van der Waals surface area (Å²) < 4.78 is 2.06. The average Bonchev–Trinajstić information content (AvgIpc) is 3.26. The Bertz CT molecular complexity index is 1190. The van der Waals surface area contributed by atoms with Gasteiger partial charge < -0.3 is 5.32 Å². The number of aryl methyl sites for hydroxylation is 1. The highest BCUT2D eigenvalue weighted by Crippen LogP contribution is 2.61. The monoisotopic (exact) mass is 487 g/mol. The molecular formula is C28H33N5OS. The topological polar surface area (TPSA) is 72.7 Å². The number of benzene rings is 1. The van der Waals surface area contributed by atoms with E-state index in [1.165, 1.54) is 50.3 Å². The Morgan fingerprint density at radius 1 is 1.06 bits per heavy atom. The second kappa shape index (κ2) is 9.08. The van der Waals surface area contributed by atoms with E-state index < -0.39 is 0 Å². The third-order valence-corrected chi connectivity index (χ3v) is 9.57. The van der Waals surface area contributed by atoms with Gasteiger partial charge in [-0.1, -0.05) is 30.0 Å². The fourth-order valence-corrected chi connectivity index (χ4v) is 8.11. The van der Waals surface area contributed by atoms with Gasteiger partial charge in [0.15, 0.2) is 11.0 Å². The van der Waals surface area contributed by atoms with Crippen LogP contribution in [0.5, 0.6) is 0 Å². The number of para-hydroxylation sites is 1. The van der Waals surface area contributed by atoms with E-state index in [0.717, 1.165) is 45.5 Å². The molecule has 1 aromatic carbocycles. The highest BCUT2D eigenvalue weighted by molar-refractivity contribution is 7.99. The Balaban J connectivity index is 1.19. The first kappa shape index (κ1) is 22.8. The Morgan fingerprint density at radius 2 is 1.71 bits per heavy atom. The molecule has 0 spiro atoms. The van der Waals surface area contributed by atoms with Gasteiger partial charge in [0.25, 0.3) is 0 Å². The lowest BCUT2D eigenvalue weighted by molar-refractivity contribution is -0.123. The largest absolute Gasteiger partial charge is 0.352 e. The van der Waals surface area contributed by atoms with Crippen molar-refractivity contribution in [3.63, 3.8) is 0 Å². The van der Waals surface area contributed by atoms with Gasteiger partial charge in [-0.2, -0.15) is 0 Å². The lowest BCUT2D eigenvalue weighted by Gasteiger charge is -2.59. The van der Waals surface area contributed by atoms with Crippen molar-refractivity contribution in [1.29, 1.82) is 0 Å². The quantitative estimate of drug-likeness (QED) is 0.449. The summed E-state index contributed by atoms with van der Waals surface area (Å²) in [6.07, 6.45) is 11.7. The number of thioether (sulfide) groups is 1. The van der Waals surface area contributed by atoms with Gasteiger partial charge in [0.05, 0.1) is 11.4 Å². The fraction of sp³-hybridized carbons (Fsp3) is 0.500. The zero-order valence-electron chi connectivity index (χ0n) is 20.5. The van der Waals surface area contributed by atoms with Crippen LogP contribution in [0.1, 0.15) is 51.0 Å². The van der Waals surface area contributed by atoms with Crippen LogP contribution in [0.2, 0.25) is 0 Å². The summed E-state index contributed by atoms with van der Waals surface area (Å²) in [5.74, 6) is 3.82. The fourth-order valence-electron chi connectivity index (χ4n) is 7.36. The van der Waals surface area contributed by atoms with E-state index in [0.29, 0.717) is 11.2 Å². The molecule has 2 heterocycles. The third kappa shape index (κ3) is 4.28.